The molecular formula is C47H78N6O6S. The van der Waals surface area contributed by atoms with Gasteiger partial charge < -0.3 is 29.9 Å². The summed E-state index contributed by atoms with van der Waals surface area (Å²) in [4.78, 5) is 67.0. The number of likely N-dealkylation sites (tertiary alicyclic amines) is 1. The van der Waals surface area contributed by atoms with Crippen LogP contribution in [-0.2, 0) is 35.1 Å². The SMILES string of the molecule is CC[C@H](C)[C@@H]([C@@H](CC(=O)N1CCC[C@H]1[C@H](OC)[C@@H](C)C(=O)N[C@@H](Cc1ccccc1)c1nccs1)OC)N(C)C(=O)[C@@H](NC(=O)[C@H](C(C)C)N(C)CCCC(C)C)C(C)C. The molecule has 13 heteroatoms. The van der Waals surface area contributed by atoms with Gasteiger partial charge in [0.25, 0.3) is 0 Å². The number of aromatic nitrogens is 1. The zero-order chi connectivity index (χ0) is 44.7. The van der Waals surface area contributed by atoms with Gasteiger partial charge in [-0.05, 0) is 74.9 Å². The summed E-state index contributed by atoms with van der Waals surface area (Å²) >= 11 is 1.51. The lowest BCUT2D eigenvalue weighted by Crippen LogP contribution is -2.60. The van der Waals surface area contributed by atoms with E-state index in [9.17, 15) is 19.2 Å². The molecule has 0 spiro atoms. The van der Waals surface area contributed by atoms with Crippen molar-refractivity contribution in [1.29, 1.82) is 0 Å². The van der Waals surface area contributed by atoms with Gasteiger partial charge in [-0.25, -0.2) is 4.98 Å². The number of nitrogens with zero attached hydrogens (tertiary/aromatic N) is 4. The Morgan fingerprint density at radius 3 is 2.17 bits per heavy atom. The fourth-order valence-electron chi connectivity index (χ4n) is 8.94. The highest BCUT2D eigenvalue weighted by Crippen LogP contribution is 2.31. The average molecular weight is 855 g/mol. The third-order valence-corrected chi connectivity index (χ3v) is 13.4. The van der Waals surface area contributed by atoms with Crippen LogP contribution in [0.5, 0.6) is 0 Å². The maximum atomic E-state index is 14.5. The lowest BCUT2D eigenvalue weighted by molar-refractivity contribution is -0.148. The van der Waals surface area contributed by atoms with Crippen LogP contribution in [0, 0.1) is 29.6 Å². The molecule has 60 heavy (non-hydrogen) atoms. The number of likely N-dealkylation sites (N-methyl/N-ethyl adjacent to an activating group) is 2. The van der Waals surface area contributed by atoms with E-state index in [1.165, 1.54) is 11.3 Å². The minimum atomic E-state index is -0.756. The third-order valence-electron chi connectivity index (χ3n) is 12.5. The Balaban J connectivity index is 1.78. The fourth-order valence-corrected chi connectivity index (χ4v) is 9.63. The Morgan fingerprint density at radius 2 is 1.62 bits per heavy atom. The van der Waals surface area contributed by atoms with E-state index in [2.05, 4.69) is 48.2 Å². The molecule has 3 rings (SSSR count). The van der Waals surface area contributed by atoms with Gasteiger partial charge in [0.1, 0.15) is 11.0 Å². The second-order valence-corrected chi connectivity index (χ2v) is 19.1. The van der Waals surface area contributed by atoms with Crippen molar-refractivity contribution in [1.82, 2.24) is 30.3 Å². The molecule has 0 aliphatic carbocycles. The largest absolute Gasteiger partial charge is 0.379 e. The lowest BCUT2D eigenvalue weighted by atomic mass is 9.89. The molecule has 1 aliphatic heterocycles. The van der Waals surface area contributed by atoms with Gasteiger partial charge in [0.05, 0.1) is 48.7 Å². The second-order valence-electron chi connectivity index (χ2n) is 18.1. The summed E-state index contributed by atoms with van der Waals surface area (Å²) in [5.41, 5.74) is 1.09. The van der Waals surface area contributed by atoms with E-state index >= 15 is 0 Å². The molecule has 1 saturated heterocycles. The molecule has 0 bridgehead atoms. The Labute approximate surface area is 365 Å². The molecular weight excluding hydrogens is 777 g/mol. The van der Waals surface area contributed by atoms with E-state index in [-0.39, 0.29) is 65.9 Å². The van der Waals surface area contributed by atoms with Crippen LogP contribution < -0.4 is 10.6 Å². The summed E-state index contributed by atoms with van der Waals surface area (Å²) in [5.74, 6) is -0.716. The maximum absolute atomic E-state index is 14.5. The van der Waals surface area contributed by atoms with E-state index in [1.54, 1.807) is 32.4 Å². The molecule has 338 valence electrons. The molecule has 9 atom stereocenters. The van der Waals surface area contributed by atoms with E-state index < -0.39 is 30.2 Å². The number of rotatable bonds is 25. The van der Waals surface area contributed by atoms with E-state index in [0.717, 1.165) is 42.8 Å². The standard InChI is InChI=1S/C47H78N6O6S/c1-14-33(8)42(52(11)47(57)40(31(4)5)50-45(56)41(32(6)7)51(10)25-18-20-30(2)3)38(58-12)29-39(54)53-26-19-23-37(53)43(59-13)34(9)44(55)49-36(46-48-24-27-60-46)28-35-21-16-15-17-22-35/h15-17,21-22,24,27,30-34,36-38,40-43H,14,18-20,23,25-26,28-29H2,1-13H3,(H,49,55)(H,50,56)/t33-,34+,36-,37-,38+,40-,41-,42-,43+/m0/s1. The van der Waals surface area contributed by atoms with Gasteiger partial charge in [-0.2, -0.15) is 0 Å². The monoisotopic (exact) mass is 855 g/mol. The second kappa shape index (κ2) is 24.9. The highest BCUT2D eigenvalue weighted by molar-refractivity contribution is 7.09. The van der Waals surface area contributed by atoms with Crippen LogP contribution in [-0.4, -0.2) is 121 Å². The van der Waals surface area contributed by atoms with Gasteiger partial charge in [-0.3, -0.25) is 24.1 Å². The third kappa shape index (κ3) is 14.1. The van der Waals surface area contributed by atoms with Gasteiger partial charge in [-0.15, -0.1) is 11.3 Å². The Bertz CT molecular complexity index is 1590. The first-order chi connectivity index (χ1) is 28.5. The number of ether oxygens (including phenoxy) is 2. The minimum Gasteiger partial charge on any atom is -0.379 e. The first-order valence-corrected chi connectivity index (χ1v) is 23.2. The maximum Gasteiger partial charge on any atom is 0.245 e. The van der Waals surface area contributed by atoms with Crippen LogP contribution in [0.2, 0.25) is 0 Å². The minimum absolute atomic E-state index is 0.0119. The summed E-state index contributed by atoms with van der Waals surface area (Å²) in [5, 5.41) is 9.14. The summed E-state index contributed by atoms with van der Waals surface area (Å²) < 4.78 is 12.2. The Morgan fingerprint density at radius 1 is 0.933 bits per heavy atom. The zero-order valence-corrected chi connectivity index (χ0v) is 39.8. The van der Waals surface area contributed by atoms with E-state index in [1.807, 2.05) is 82.3 Å². The van der Waals surface area contributed by atoms with Crippen molar-refractivity contribution in [2.45, 2.75) is 150 Å². The Hall–Kier alpha value is -3.39. The first-order valence-electron chi connectivity index (χ1n) is 22.3. The topological polar surface area (TPSA) is 133 Å². The molecule has 0 radical (unpaired) electrons. The number of methoxy groups -OCH3 is 2. The molecule has 1 fully saturated rings. The van der Waals surface area contributed by atoms with Crippen molar-refractivity contribution in [2.75, 3.05) is 41.4 Å². The van der Waals surface area contributed by atoms with Crippen LogP contribution in [0.15, 0.2) is 41.9 Å². The number of amides is 4. The van der Waals surface area contributed by atoms with Crippen molar-refractivity contribution >= 4 is 35.0 Å². The summed E-state index contributed by atoms with van der Waals surface area (Å²) in [7, 11) is 6.96. The number of hydrogen-bond acceptors (Lipinski definition) is 9. The van der Waals surface area contributed by atoms with Crippen molar-refractivity contribution in [2.24, 2.45) is 29.6 Å². The van der Waals surface area contributed by atoms with Crippen LogP contribution in [0.3, 0.4) is 0 Å². The number of thiazole rings is 1. The van der Waals surface area contributed by atoms with Gasteiger partial charge in [0.2, 0.25) is 23.6 Å². The lowest BCUT2D eigenvalue weighted by Gasteiger charge is -2.41. The normalized spacial score (nSPS) is 18.6. The van der Waals surface area contributed by atoms with E-state index in [0.29, 0.717) is 25.3 Å². The highest BCUT2D eigenvalue weighted by atomic mass is 32.1. The number of carbonyl (C=O) groups excluding carboxylic acids is 4. The van der Waals surface area contributed by atoms with Gasteiger partial charge in [0, 0.05) is 39.4 Å². The molecule has 12 nitrogen and oxygen atoms in total. The summed E-state index contributed by atoms with van der Waals surface area (Å²) in [6.45, 7) is 19.7. The number of hydrogen-bond donors (Lipinski definition) is 2. The number of carbonyl (C=O) groups is 4. The fraction of sp³-hybridized carbons (Fsp3) is 0.723. The van der Waals surface area contributed by atoms with Gasteiger partial charge in [0.15, 0.2) is 0 Å². The van der Waals surface area contributed by atoms with Crippen LogP contribution in [0.25, 0.3) is 0 Å². The zero-order valence-electron chi connectivity index (χ0n) is 39.0. The van der Waals surface area contributed by atoms with E-state index in [4.69, 9.17) is 9.47 Å². The molecule has 0 unspecified atom stereocenters. The molecule has 1 aliphatic rings. The van der Waals surface area contributed by atoms with Crippen LogP contribution in [0.1, 0.15) is 117 Å². The molecule has 2 N–H and O–H groups in total. The summed E-state index contributed by atoms with van der Waals surface area (Å²) in [6.07, 6.45) is 5.57. The van der Waals surface area contributed by atoms with Crippen LogP contribution in [0.4, 0.5) is 0 Å². The predicted octanol–water partition coefficient (Wildman–Crippen LogP) is 7.00. The quantitative estimate of drug-likeness (QED) is 0.109. The highest BCUT2D eigenvalue weighted by Gasteiger charge is 2.43. The van der Waals surface area contributed by atoms with Gasteiger partial charge in [-0.1, -0.05) is 99.1 Å². The van der Waals surface area contributed by atoms with Gasteiger partial charge >= 0.3 is 0 Å². The molecule has 1 aromatic carbocycles. The summed E-state index contributed by atoms with van der Waals surface area (Å²) in [6, 6.07) is 7.85. The molecule has 2 heterocycles. The van der Waals surface area contributed by atoms with Crippen LogP contribution >= 0.6 is 11.3 Å². The average Bonchev–Trinajstić information content (AvgIpc) is 3.93. The van der Waals surface area contributed by atoms with Crippen molar-refractivity contribution in [3.05, 3.63) is 52.5 Å². The molecule has 1 aromatic heterocycles. The molecule has 2 aromatic rings. The van der Waals surface area contributed by atoms with Crippen molar-refractivity contribution in [3.63, 3.8) is 0 Å². The first kappa shape index (κ1) is 51.0. The molecule has 4 amide bonds. The van der Waals surface area contributed by atoms with Crippen molar-refractivity contribution in [3.8, 4) is 0 Å². The van der Waals surface area contributed by atoms with Crippen molar-refractivity contribution < 1.29 is 28.7 Å². The smallest absolute Gasteiger partial charge is 0.245 e. The number of benzene rings is 1. The Kier molecular flexibility index (Phi) is 21.2. The molecule has 0 saturated carbocycles. The predicted molar refractivity (Wildman–Crippen MR) is 241 cm³/mol. The number of nitrogens with one attached hydrogen (secondary N) is 2.